The molecule has 1 nitrogen and oxygen atoms in total. The molecule has 0 aliphatic carbocycles. The summed E-state index contributed by atoms with van der Waals surface area (Å²) < 4.78 is 28.1. The van der Waals surface area contributed by atoms with E-state index in [1.165, 1.54) is 23.9 Å². The summed E-state index contributed by atoms with van der Waals surface area (Å²) in [7, 11) is 0. The number of rotatable bonds is 4. The fourth-order valence-electron chi connectivity index (χ4n) is 2.51. The zero-order valence-electron chi connectivity index (χ0n) is 13.5. The number of nitrogens with zero attached hydrogens (tertiary/aromatic N) is 1. The van der Waals surface area contributed by atoms with E-state index in [2.05, 4.69) is 4.98 Å². The Morgan fingerprint density at radius 1 is 0.958 bits per heavy atom. The van der Waals surface area contributed by atoms with Crippen LogP contribution in [0.5, 0.6) is 0 Å². The fraction of sp³-hybridized carbons (Fsp3) is 0.150. The Balaban J connectivity index is 2.08. The molecule has 3 rings (SSSR count). The van der Waals surface area contributed by atoms with Crippen molar-refractivity contribution in [2.24, 2.45) is 0 Å². The van der Waals surface area contributed by atoms with Crippen LogP contribution in [0.1, 0.15) is 27.6 Å². The summed E-state index contributed by atoms with van der Waals surface area (Å²) in [5.41, 5.74) is 3.16. The van der Waals surface area contributed by atoms with Gasteiger partial charge in [0.2, 0.25) is 0 Å². The number of thioether (sulfide) groups is 1. The molecule has 0 fully saturated rings. The molecule has 0 saturated heterocycles. The monoisotopic (exact) mass is 341 g/mol. The maximum Gasteiger partial charge on any atom is 0.128 e. The summed E-state index contributed by atoms with van der Waals surface area (Å²) in [4.78, 5) is 5.42. The van der Waals surface area contributed by atoms with Gasteiger partial charge in [0.05, 0.1) is 10.9 Å². The minimum atomic E-state index is -0.450. The van der Waals surface area contributed by atoms with Gasteiger partial charge in [-0.15, -0.1) is 11.8 Å². The van der Waals surface area contributed by atoms with Crippen LogP contribution in [0, 0.1) is 25.5 Å². The molecule has 4 heteroatoms. The van der Waals surface area contributed by atoms with Gasteiger partial charge < -0.3 is 0 Å². The Kier molecular flexibility index (Phi) is 4.95. The fourth-order valence-corrected chi connectivity index (χ4v) is 3.74. The van der Waals surface area contributed by atoms with E-state index in [-0.39, 0.29) is 0 Å². The molecule has 0 aliphatic rings. The quantitative estimate of drug-likeness (QED) is 0.551. The van der Waals surface area contributed by atoms with E-state index in [4.69, 9.17) is 0 Å². The van der Waals surface area contributed by atoms with E-state index in [0.717, 1.165) is 27.8 Å². The predicted molar refractivity (Wildman–Crippen MR) is 94.2 cm³/mol. The van der Waals surface area contributed by atoms with Gasteiger partial charge in [0.15, 0.2) is 0 Å². The van der Waals surface area contributed by atoms with Crippen LogP contribution < -0.4 is 0 Å². The molecule has 1 unspecified atom stereocenters. The van der Waals surface area contributed by atoms with Crippen LogP contribution in [-0.4, -0.2) is 4.98 Å². The molecule has 1 atom stereocenters. The molecule has 0 spiro atoms. The van der Waals surface area contributed by atoms with Crippen LogP contribution in [0.3, 0.4) is 0 Å². The molecular weight excluding hydrogens is 324 g/mol. The maximum absolute atomic E-state index is 14.4. The third-order valence-electron chi connectivity index (χ3n) is 3.81. The van der Waals surface area contributed by atoms with Crippen molar-refractivity contribution in [1.82, 2.24) is 4.98 Å². The minimum absolute atomic E-state index is 0.308. The van der Waals surface area contributed by atoms with Gasteiger partial charge in [0.25, 0.3) is 0 Å². The molecule has 1 aromatic heterocycles. The molecule has 0 aliphatic heterocycles. The molecule has 0 radical (unpaired) electrons. The van der Waals surface area contributed by atoms with Crippen LogP contribution in [0.15, 0.2) is 65.7 Å². The highest BCUT2D eigenvalue weighted by atomic mass is 32.2. The molecular formula is C20H17F2NS. The third-order valence-corrected chi connectivity index (χ3v) is 5.07. The largest absolute Gasteiger partial charge is 0.259 e. The number of aryl methyl sites for hydroxylation is 2. The van der Waals surface area contributed by atoms with Gasteiger partial charge in [0.1, 0.15) is 11.6 Å². The second kappa shape index (κ2) is 7.14. The van der Waals surface area contributed by atoms with Gasteiger partial charge in [-0.2, -0.15) is 0 Å². The molecule has 1 heterocycles. The van der Waals surface area contributed by atoms with Crippen molar-refractivity contribution in [3.05, 3.63) is 94.8 Å². The number of hydrogen-bond donors (Lipinski definition) is 0. The van der Waals surface area contributed by atoms with Crippen LogP contribution in [-0.2, 0) is 0 Å². The molecule has 0 amide bonds. The average Bonchev–Trinajstić information content (AvgIpc) is 2.58. The smallest absolute Gasteiger partial charge is 0.128 e. The Morgan fingerprint density at radius 3 is 2.42 bits per heavy atom. The Morgan fingerprint density at radius 2 is 1.71 bits per heavy atom. The molecule has 122 valence electrons. The van der Waals surface area contributed by atoms with Crippen molar-refractivity contribution in [2.45, 2.75) is 24.0 Å². The Bertz CT molecular complexity index is 847. The van der Waals surface area contributed by atoms with Crippen molar-refractivity contribution >= 4 is 11.8 Å². The highest BCUT2D eigenvalue weighted by Crippen LogP contribution is 2.41. The van der Waals surface area contributed by atoms with Crippen molar-refractivity contribution in [3.63, 3.8) is 0 Å². The first-order valence-electron chi connectivity index (χ1n) is 7.64. The van der Waals surface area contributed by atoms with Crippen LogP contribution >= 0.6 is 11.8 Å². The Hall–Kier alpha value is -2.20. The van der Waals surface area contributed by atoms with Crippen molar-refractivity contribution in [3.8, 4) is 0 Å². The minimum Gasteiger partial charge on any atom is -0.259 e. The zero-order valence-corrected chi connectivity index (χ0v) is 14.3. The van der Waals surface area contributed by atoms with Gasteiger partial charge in [-0.1, -0.05) is 23.8 Å². The number of halogens is 2. The van der Waals surface area contributed by atoms with Crippen molar-refractivity contribution in [2.75, 3.05) is 0 Å². The van der Waals surface area contributed by atoms with Crippen LogP contribution in [0.25, 0.3) is 0 Å². The summed E-state index contributed by atoms with van der Waals surface area (Å²) in [6.45, 7) is 3.95. The summed E-state index contributed by atoms with van der Waals surface area (Å²) in [6, 6.07) is 15.3. The van der Waals surface area contributed by atoms with E-state index in [9.17, 15) is 8.78 Å². The van der Waals surface area contributed by atoms with E-state index in [1.807, 2.05) is 50.2 Å². The molecule has 0 saturated carbocycles. The van der Waals surface area contributed by atoms with E-state index < -0.39 is 16.9 Å². The highest BCUT2D eigenvalue weighted by molar-refractivity contribution is 7.99. The van der Waals surface area contributed by atoms with E-state index >= 15 is 0 Å². The maximum atomic E-state index is 14.4. The van der Waals surface area contributed by atoms with E-state index in [1.54, 1.807) is 6.20 Å². The SMILES string of the molecule is Cc1ccc(SC(c2cc(F)ccc2F)c2ncccc2C)cc1. The first-order valence-corrected chi connectivity index (χ1v) is 8.52. The molecule has 0 N–H and O–H groups in total. The molecule has 24 heavy (non-hydrogen) atoms. The van der Waals surface area contributed by atoms with E-state index in [0.29, 0.717) is 5.56 Å². The van der Waals surface area contributed by atoms with Gasteiger partial charge in [-0.05, 0) is 55.8 Å². The lowest BCUT2D eigenvalue weighted by Crippen LogP contribution is -2.05. The third kappa shape index (κ3) is 3.65. The first-order chi connectivity index (χ1) is 11.5. The summed E-state index contributed by atoms with van der Waals surface area (Å²) >= 11 is 1.47. The standard InChI is InChI=1S/C20H17F2NS/c1-13-5-8-16(9-6-13)24-20(19-14(2)4-3-11-23-19)17-12-15(21)7-10-18(17)22/h3-12,20H,1-2H3. The van der Waals surface area contributed by atoms with Gasteiger partial charge in [0, 0.05) is 16.7 Å². The Labute approximate surface area is 144 Å². The van der Waals surface area contributed by atoms with Gasteiger partial charge in [-0.25, -0.2) is 8.78 Å². The van der Waals surface area contributed by atoms with Crippen LogP contribution in [0.2, 0.25) is 0 Å². The molecule has 3 aromatic rings. The summed E-state index contributed by atoms with van der Waals surface area (Å²) in [5, 5.41) is -0.412. The van der Waals surface area contributed by atoms with Crippen molar-refractivity contribution < 1.29 is 8.78 Å². The number of pyridine rings is 1. The summed E-state index contributed by atoms with van der Waals surface area (Å²) in [6.07, 6.45) is 1.68. The normalized spacial score (nSPS) is 12.2. The second-order valence-electron chi connectivity index (χ2n) is 5.68. The number of hydrogen-bond acceptors (Lipinski definition) is 2. The van der Waals surface area contributed by atoms with Crippen molar-refractivity contribution in [1.29, 1.82) is 0 Å². The lowest BCUT2D eigenvalue weighted by atomic mass is 10.0. The zero-order chi connectivity index (χ0) is 17.1. The second-order valence-corrected chi connectivity index (χ2v) is 6.86. The van der Waals surface area contributed by atoms with Gasteiger partial charge in [-0.3, -0.25) is 4.98 Å². The number of aromatic nitrogens is 1. The first kappa shape index (κ1) is 16.7. The summed E-state index contributed by atoms with van der Waals surface area (Å²) in [5.74, 6) is -0.874. The molecule has 2 aromatic carbocycles. The molecule has 0 bridgehead atoms. The lowest BCUT2D eigenvalue weighted by Gasteiger charge is -2.19. The average molecular weight is 341 g/mol. The highest BCUT2D eigenvalue weighted by Gasteiger charge is 2.23. The number of benzene rings is 2. The topological polar surface area (TPSA) is 12.9 Å². The van der Waals surface area contributed by atoms with Gasteiger partial charge >= 0.3 is 0 Å². The van der Waals surface area contributed by atoms with Crippen LogP contribution in [0.4, 0.5) is 8.78 Å². The lowest BCUT2D eigenvalue weighted by molar-refractivity contribution is 0.587. The predicted octanol–water partition coefficient (Wildman–Crippen LogP) is 5.86.